The first-order chi connectivity index (χ1) is 18.3. The van der Waals surface area contributed by atoms with E-state index in [4.69, 9.17) is 46.4 Å². The Morgan fingerprint density at radius 1 is 1.05 bits per heavy atom. The lowest BCUT2D eigenvalue weighted by Gasteiger charge is -2.36. The molecule has 1 saturated carbocycles. The van der Waals surface area contributed by atoms with Gasteiger partial charge < -0.3 is 15.3 Å². The number of carboxylic acids is 1. The molecule has 4 aliphatic rings. The summed E-state index contributed by atoms with van der Waals surface area (Å²) in [6.07, 6.45) is 0.921. The quantitative estimate of drug-likeness (QED) is 0.433. The van der Waals surface area contributed by atoms with E-state index in [2.05, 4.69) is 5.32 Å². The first kappa shape index (κ1) is 27.0. The molecule has 3 aliphatic heterocycles. The number of anilines is 2. The van der Waals surface area contributed by atoms with E-state index in [1.165, 1.54) is 40.1 Å². The van der Waals surface area contributed by atoms with Crippen LogP contribution in [0, 0.1) is 17.8 Å². The standard InChI is InChI=1S/C26H21Cl4F2N3O4/c27-12-3-13(28)5-15(4-12)34(9-11-1-2-11)22(36)19-18-8-25(31,32)10-35(18)26(20(19)23(37)38)16-6-14(29)7-17(30)21(16)33-24(26)39/h3-7,11,18-20H,1-2,8-10H2,(H,33,39)(H,37,38)/t18?,19-,20-,26?/m1/s1. The molecule has 3 fully saturated rings. The number of aliphatic carboxylic acids is 1. The summed E-state index contributed by atoms with van der Waals surface area (Å²) in [6, 6.07) is 6.00. The van der Waals surface area contributed by atoms with Crippen LogP contribution in [0.15, 0.2) is 30.3 Å². The van der Waals surface area contributed by atoms with Gasteiger partial charge in [0.25, 0.3) is 11.8 Å². The van der Waals surface area contributed by atoms with Crippen LogP contribution in [0.1, 0.15) is 24.8 Å². The van der Waals surface area contributed by atoms with E-state index in [1.807, 2.05) is 0 Å². The highest BCUT2D eigenvalue weighted by Gasteiger charge is 2.74. The van der Waals surface area contributed by atoms with Crippen molar-refractivity contribution >= 4 is 75.6 Å². The first-order valence-corrected chi connectivity index (χ1v) is 13.8. The number of carboxylic acid groups (broad SMARTS) is 1. The second-order valence-electron chi connectivity index (χ2n) is 10.6. The van der Waals surface area contributed by atoms with Crippen LogP contribution in [0.25, 0.3) is 0 Å². The molecule has 2 aromatic rings. The highest BCUT2D eigenvalue weighted by Crippen LogP contribution is 2.61. The number of halogens is 6. The molecule has 1 spiro atoms. The SMILES string of the molecule is O=C(O)[C@H]1[C@H](C(=O)N(CC2CC2)c2cc(Cl)cc(Cl)c2)C2CC(F)(F)CN2C12C(=O)Nc1c(Cl)cc(Cl)cc12. The third-order valence-electron chi connectivity index (χ3n) is 8.15. The van der Waals surface area contributed by atoms with Crippen molar-refractivity contribution in [2.75, 3.05) is 23.3 Å². The molecule has 3 heterocycles. The van der Waals surface area contributed by atoms with Crippen molar-refractivity contribution in [1.29, 1.82) is 0 Å². The van der Waals surface area contributed by atoms with Crippen molar-refractivity contribution in [3.63, 3.8) is 0 Å². The molecule has 39 heavy (non-hydrogen) atoms. The van der Waals surface area contributed by atoms with E-state index in [0.29, 0.717) is 5.69 Å². The number of nitrogens with one attached hydrogen (secondary N) is 1. The fourth-order valence-electron chi connectivity index (χ4n) is 6.54. The molecule has 13 heteroatoms. The molecule has 206 valence electrons. The van der Waals surface area contributed by atoms with Gasteiger partial charge in [0.15, 0.2) is 0 Å². The zero-order valence-electron chi connectivity index (χ0n) is 20.1. The topological polar surface area (TPSA) is 90.0 Å². The van der Waals surface area contributed by atoms with Gasteiger partial charge in [-0.25, -0.2) is 8.78 Å². The second kappa shape index (κ2) is 9.17. The smallest absolute Gasteiger partial charge is 0.310 e. The van der Waals surface area contributed by atoms with Gasteiger partial charge in [-0.15, -0.1) is 0 Å². The maximum absolute atomic E-state index is 15.0. The minimum atomic E-state index is -3.27. The predicted octanol–water partition coefficient (Wildman–Crippen LogP) is 5.93. The van der Waals surface area contributed by atoms with E-state index >= 15 is 8.78 Å². The Hall–Kier alpha value is -2.17. The number of hydrogen-bond donors (Lipinski definition) is 2. The molecule has 2 unspecified atom stereocenters. The lowest BCUT2D eigenvalue weighted by atomic mass is 9.73. The molecule has 0 aromatic heterocycles. The second-order valence-corrected chi connectivity index (χ2v) is 12.4. The molecule has 2 aromatic carbocycles. The van der Waals surface area contributed by atoms with Crippen LogP contribution in [-0.4, -0.2) is 52.8 Å². The maximum atomic E-state index is 15.0. The summed E-state index contributed by atoms with van der Waals surface area (Å²) in [4.78, 5) is 43.7. The molecule has 4 atom stereocenters. The summed E-state index contributed by atoms with van der Waals surface area (Å²) >= 11 is 25.0. The average molecular weight is 619 g/mol. The summed E-state index contributed by atoms with van der Waals surface area (Å²) < 4.78 is 30.1. The van der Waals surface area contributed by atoms with Crippen LogP contribution in [0.2, 0.25) is 20.1 Å². The number of alkyl halides is 2. The van der Waals surface area contributed by atoms with E-state index in [-0.39, 0.29) is 43.8 Å². The van der Waals surface area contributed by atoms with Crippen molar-refractivity contribution in [1.82, 2.24) is 4.90 Å². The number of amides is 2. The van der Waals surface area contributed by atoms with Crippen LogP contribution >= 0.6 is 46.4 Å². The van der Waals surface area contributed by atoms with Crippen molar-refractivity contribution in [3.05, 3.63) is 56.0 Å². The Kier molecular flexibility index (Phi) is 6.36. The third kappa shape index (κ3) is 4.20. The molecular weight excluding hydrogens is 598 g/mol. The summed E-state index contributed by atoms with van der Waals surface area (Å²) in [5, 5.41) is 13.8. The van der Waals surface area contributed by atoms with Gasteiger partial charge in [-0.2, -0.15) is 0 Å². The Balaban J connectivity index is 1.54. The van der Waals surface area contributed by atoms with Crippen LogP contribution in [0.4, 0.5) is 20.2 Å². The summed E-state index contributed by atoms with van der Waals surface area (Å²) in [5.41, 5.74) is -1.64. The summed E-state index contributed by atoms with van der Waals surface area (Å²) in [6.45, 7) is -0.678. The normalized spacial score (nSPS) is 28.9. The number of rotatable bonds is 5. The van der Waals surface area contributed by atoms with Gasteiger partial charge in [-0.05, 0) is 49.1 Å². The molecule has 0 radical (unpaired) electrons. The molecule has 1 aliphatic carbocycles. The predicted molar refractivity (Wildman–Crippen MR) is 143 cm³/mol. The van der Waals surface area contributed by atoms with Crippen molar-refractivity contribution < 1.29 is 28.3 Å². The van der Waals surface area contributed by atoms with Crippen molar-refractivity contribution in [3.8, 4) is 0 Å². The molecule has 2 saturated heterocycles. The van der Waals surface area contributed by atoms with E-state index in [9.17, 15) is 19.5 Å². The van der Waals surface area contributed by atoms with Crippen LogP contribution in [0.3, 0.4) is 0 Å². The van der Waals surface area contributed by atoms with Crippen molar-refractivity contribution in [2.45, 2.75) is 36.8 Å². The number of fused-ring (bicyclic) bond motifs is 4. The third-order valence-corrected chi connectivity index (χ3v) is 9.10. The van der Waals surface area contributed by atoms with E-state index in [1.54, 1.807) is 0 Å². The van der Waals surface area contributed by atoms with Gasteiger partial charge in [0.2, 0.25) is 5.91 Å². The molecule has 2 N–H and O–H groups in total. The Morgan fingerprint density at radius 2 is 1.69 bits per heavy atom. The summed E-state index contributed by atoms with van der Waals surface area (Å²) in [7, 11) is 0. The number of nitrogens with zero attached hydrogens (tertiary/aromatic N) is 2. The molecule has 7 nitrogen and oxygen atoms in total. The fraction of sp³-hybridized carbons (Fsp3) is 0.423. The van der Waals surface area contributed by atoms with Gasteiger partial charge in [-0.3, -0.25) is 19.3 Å². The van der Waals surface area contributed by atoms with Crippen LogP contribution in [0.5, 0.6) is 0 Å². The zero-order valence-corrected chi connectivity index (χ0v) is 23.1. The highest BCUT2D eigenvalue weighted by atomic mass is 35.5. The number of benzene rings is 2. The van der Waals surface area contributed by atoms with Gasteiger partial charge >= 0.3 is 5.97 Å². The molecule has 0 bridgehead atoms. The molecule has 2 amide bonds. The minimum absolute atomic E-state index is 0.0353. The van der Waals surface area contributed by atoms with Crippen LogP contribution < -0.4 is 10.2 Å². The van der Waals surface area contributed by atoms with Gasteiger partial charge in [0, 0.05) is 45.3 Å². The lowest BCUT2D eigenvalue weighted by molar-refractivity contribution is -0.153. The largest absolute Gasteiger partial charge is 0.481 e. The molecule has 6 rings (SSSR count). The van der Waals surface area contributed by atoms with Crippen molar-refractivity contribution in [2.24, 2.45) is 17.8 Å². The van der Waals surface area contributed by atoms with Gasteiger partial charge in [-0.1, -0.05) is 46.4 Å². The maximum Gasteiger partial charge on any atom is 0.310 e. The lowest BCUT2D eigenvalue weighted by Crippen LogP contribution is -2.54. The minimum Gasteiger partial charge on any atom is -0.481 e. The van der Waals surface area contributed by atoms with E-state index < -0.39 is 60.1 Å². The molecular formula is C26H21Cl4F2N3O4. The average Bonchev–Trinajstić information content (AvgIpc) is 3.45. The Morgan fingerprint density at radius 3 is 2.31 bits per heavy atom. The van der Waals surface area contributed by atoms with Gasteiger partial charge in [0.05, 0.1) is 23.2 Å². The van der Waals surface area contributed by atoms with E-state index in [0.717, 1.165) is 12.8 Å². The number of hydrogen-bond acceptors (Lipinski definition) is 4. The fourth-order valence-corrected chi connectivity index (χ4v) is 7.59. The van der Waals surface area contributed by atoms with Gasteiger partial charge in [0.1, 0.15) is 11.5 Å². The first-order valence-electron chi connectivity index (χ1n) is 12.3. The Bertz CT molecular complexity index is 1420. The summed E-state index contributed by atoms with van der Waals surface area (Å²) in [5.74, 6) is -9.33. The highest BCUT2D eigenvalue weighted by molar-refractivity contribution is 6.38. The monoisotopic (exact) mass is 617 g/mol. The Labute approximate surface area is 241 Å². The number of carbonyl (C=O) groups is 3. The number of carbonyl (C=O) groups excluding carboxylic acids is 2. The van der Waals surface area contributed by atoms with Crippen LogP contribution in [-0.2, 0) is 19.9 Å². The zero-order chi connectivity index (χ0) is 28.0.